The van der Waals surface area contributed by atoms with Crippen LogP contribution in [-0.2, 0) is 9.53 Å². The molecule has 0 atom stereocenters. The van der Waals surface area contributed by atoms with Gasteiger partial charge >= 0.3 is 5.97 Å². The molecule has 0 bridgehead atoms. The average Bonchev–Trinajstić information content (AvgIpc) is 1.85. The van der Waals surface area contributed by atoms with E-state index in [0.717, 1.165) is 0 Å². The van der Waals surface area contributed by atoms with Crippen LogP contribution in [0.5, 0.6) is 0 Å². The number of carbonyl (C=O) groups is 1. The third-order valence-corrected chi connectivity index (χ3v) is 1.14. The van der Waals surface area contributed by atoms with Crippen LogP contribution in [-0.4, -0.2) is 45.4 Å². The summed E-state index contributed by atoms with van der Waals surface area (Å²) in [6, 6.07) is 0. The lowest BCUT2D eigenvalue weighted by atomic mass is 10.4. The zero-order chi connectivity index (χ0) is 8.91. The van der Waals surface area contributed by atoms with Crippen LogP contribution < -0.4 is 22.4 Å². The number of nitrogens with one attached hydrogen (secondary N) is 1. The highest BCUT2D eigenvalue weighted by Crippen LogP contribution is 1.85. The predicted octanol–water partition coefficient (Wildman–Crippen LogP) is -3.24. The maximum absolute atomic E-state index is 10.6. The fourth-order valence-corrected chi connectivity index (χ4v) is 0.595. The van der Waals surface area contributed by atoms with Crippen LogP contribution in [0.4, 0.5) is 0 Å². The average molecular weight is 241 g/mol. The Hall–Kier alpha value is -0.130. The maximum Gasteiger partial charge on any atom is 0.307 e. The quantitative estimate of drug-likeness (QED) is 0.319. The normalized spacial score (nSPS) is 10.3. The Balaban J connectivity index is 0. The number of nitrogens with zero attached hydrogens (tertiary/aromatic N) is 1. The molecular formula is C7H17BrN2O2. The van der Waals surface area contributed by atoms with Gasteiger partial charge in [-0.25, -0.2) is 0 Å². The first-order valence-corrected chi connectivity index (χ1v) is 3.59. The Kier molecular flexibility index (Phi) is 7.67. The number of methoxy groups -OCH3 is 1. The van der Waals surface area contributed by atoms with Crippen molar-refractivity contribution in [3.8, 4) is 0 Å². The second-order valence-corrected chi connectivity index (χ2v) is 3.25. The van der Waals surface area contributed by atoms with Crippen LogP contribution in [0.3, 0.4) is 0 Å². The third-order valence-electron chi connectivity index (χ3n) is 1.14. The number of ether oxygens (including phenoxy) is 1. The largest absolute Gasteiger partial charge is 1.00 e. The van der Waals surface area contributed by atoms with Gasteiger partial charge in [0.05, 0.1) is 41.2 Å². The van der Waals surface area contributed by atoms with Crippen molar-refractivity contribution in [1.82, 2.24) is 5.43 Å². The standard InChI is InChI=1S/C7H17N2O2.BrH/c1-9(2,3)8-6-5-7(10)11-4;/h8H,5-6H2,1-4H3;1H/q+1;/p-1. The second-order valence-electron chi connectivity index (χ2n) is 3.25. The molecular weight excluding hydrogens is 224 g/mol. The fraction of sp³-hybridized carbons (Fsp3) is 0.857. The van der Waals surface area contributed by atoms with E-state index in [4.69, 9.17) is 0 Å². The number of esters is 1. The highest BCUT2D eigenvalue weighted by Gasteiger charge is 2.07. The first kappa shape index (κ1) is 14.4. The van der Waals surface area contributed by atoms with Gasteiger partial charge in [0.25, 0.3) is 0 Å². The van der Waals surface area contributed by atoms with E-state index in [1.807, 2.05) is 21.1 Å². The molecule has 0 aromatic carbocycles. The van der Waals surface area contributed by atoms with Crippen LogP contribution >= 0.6 is 0 Å². The van der Waals surface area contributed by atoms with Crippen molar-refractivity contribution in [2.24, 2.45) is 0 Å². The topological polar surface area (TPSA) is 38.3 Å². The van der Waals surface area contributed by atoms with Gasteiger partial charge in [0.1, 0.15) is 0 Å². The Morgan fingerprint density at radius 3 is 2.25 bits per heavy atom. The zero-order valence-electron chi connectivity index (χ0n) is 8.06. The molecule has 0 spiro atoms. The number of hydrogen-bond donors (Lipinski definition) is 1. The molecule has 0 saturated heterocycles. The highest BCUT2D eigenvalue weighted by molar-refractivity contribution is 5.69. The van der Waals surface area contributed by atoms with Gasteiger partial charge in [-0.1, -0.05) is 0 Å². The predicted molar refractivity (Wildman–Crippen MR) is 42.7 cm³/mol. The molecule has 0 aliphatic rings. The minimum atomic E-state index is -0.175. The van der Waals surface area contributed by atoms with Crippen molar-refractivity contribution >= 4 is 5.97 Å². The summed E-state index contributed by atoms with van der Waals surface area (Å²) in [6.45, 7) is 0.649. The second kappa shape index (κ2) is 6.39. The van der Waals surface area contributed by atoms with Crippen LogP contribution in [0.25, 0.3) is 0 Å². The van der Waals surface area contributed by atoms with Crippen molar-refractivity contribution in [3.05, 3.63) is 0 Å². The third kappa shape index (κ3) is 9.87. The smallest absolute Gasteiger partial charge is 0.307 e. The fourth-order valence-electron chi connectivity index (χ4n) is 0.595. The molecule has 5 heteroatoms. The molecule has 0 rings (SSSR count). The molecule has 0 fully saturated rings. The minimum absolute atomic E-state index is 0. The minimum Gasteiger partial charge on any atom is -1.00 e. The van der Waals surface area contributed by atoms with E-state index < -0.39 is 0 Å². The molecule has 0 saturated carbocycles. The summed E-state index contributed by atoms with van der Waals surface area (Å²) in [4.78, 5) is 10.6. The van der Waals surface area contributed by atoms with Gasteiger partial charge in [-0.05, 0) is 0 Å². The van der Waals surface area contributed by atoms with Crippen molar-refractivity contribution in [2.75, 3.05) is 34.8 Å². The summed E-state index contributed by atoms with van der Waals surface area (Å²) in [5.74, 6) is -0.175. The number of carbonyl (C=O) groups excluding carboxylic acids is 1. The van der Waals surface area contributed by atoms with Gasteiger partial charge in [0, 0.05) is 0 Å². The Morgan fingerprint density at radius 2 is 1.92 bits per heavy atom. The number of quaternary nitrogens is 1. The summed E-state index contributed by atoms with van der Waals surface area (Å²) in [7, 11) is 7.39. The van der Waals surface area contributed by atoms with Crippen molar-refractivity contribution in [2.45, 2.75) is 6.42 Å². The lowest BCUT2D eigenvalue weighted by molar-refractivity contribution is -0.915. The zero-order valence-corrected chi connectivity index (χ0v) is 9.64. The number of rotatable bonds is 4. The van der Waals surface area contributed by atoms with Gasteiger partial charge in [-0.3, -0.25) is 9.39 Å². The Labute approximate surface area is 84.2 Å². The Morgan fingerprint density at radius 1 is 1.42 bits per heavy atom. The molecule has 0 aliphatic carbocycles. The lowest BCUT2D eigenvalue weighted by Gasteiger charge is -2.23. The molecule has 0 heterocycles. The summed E-state index contributed by atoms with van der Waals surface area (Å²) in [6.07, 6.45) is 0.423. The van der Waals surface area contributed by atoms with E-state index in [1.54, 1.807) is 0 Å². The molecule has 0 aromatic heterocycles. The number of halogens is 1. The summed E-state index contributed by atoms with van der Waals surface area (Å²) in [5.41, 5.74) is 3.12. The Bertz CT molecular complexity index is 134. The molecule has 74 valence electrons. The van der Waals surface area contributed by atoms with E-state index in [0.29, 0.717) is 17.6 Å². The van der Waals surface area contributed by atoms with E-state index >= 15 is 0 Å². The SMILES string of the molecule is COC(=O)CCN[N+](C)(C)C.[Br-]. The monoisotopic (exact) mass is 240 g/mol. The van der Waals surface area contributed by atoms with E-state index in [-0.39, 0.29) is 23.0 Å². The van der Waals surface area contributed by atoms with Crippen LogP contribution in [0.1, 0.15) is 6.42 Å². The molecule has 0 unspecified atom stereocenters. The van der Waals surface area contributed by atoms with E-state index in [2.05, 4.69) is 10.2 Å². The van der Waals surface area contributed by atoms with Gasteiger partial charge < -0.3 is 21.7 Å². The lowest BCUT2D eigenvalue weighted by Crippen LogP contribution is -3.00. The van der Waals surface area contributed by atoms with Gasteiger partial charge in [0.2, 0.25) is 0 Å². The molecule has 0 aromatic rings. The molecule has 1 N–H and O–H groups in total. The summed E-state index contributed by atoms with van der Waals surface area (Å²) >= 11 is 0. The molecule has 12 heavy (non-hydrogen) atoms. The molecule has 0 radical (unpaired) electrons. The van der Waals surface area contributed by atoms with Crippen molar-refractivity contribution < 1.29 is 31.1 Å². The highest BCUT2D eigenvalue weighted by atomic mass is 79.9. The van der Waals surface area contributed by atoms with Crippen LogP contribution in [0.15, 0.2) is 0 Å². The van der Waals surface area contributed by atoms with Gasteiger partial charge in [-0.15, -0.1) is 0 Å². The first-order valence-electron chi connectivity index (χ1n) is 3.59. The molecule has 0 aliphatic heterocycles. The van der Waals surface area contributed by atoms with Crippen molar-refractivity contribution in [3.63, 3.8) is 0 Å². The van der Waals surface area contributed by atoms with Gasteiger partial charge in [0.15, 0.2) is 0 Å². The van der Waals surface area contributed by atoms with Crippen LogP contribution in [0.2, 0.25) is 0 Å². The van der Waals surface area contributed by atoms with E-state index in [9.17, 15) is 4.79 Å². The van der Waals surface area contributed by atoms with Crippen molar-refractivity contribution in [1.29, 1.82) is 0 Å². The number of hydrogen-bond acceptors (Lipinski definition) is 3. The summed E-state index contributed by atoms with van der Waals surface area (Å²) in [5, 5.41) is 0. The maximum atomic E-state index is 10.6. The van der Waals surface area contributed by atoms with Crippen LogP contribution in [0, 0.1) is 0 Å². The molecule has 4 nitrogen and oxygen atoms in total. The first-order chi connectivity index (χ1) is 4.95. The van der Waals surface area contributed by atoms with Gasteiger partial charge in [-0.2, -0.15) is 5.43 Å². The van der Waals surface area contributed by atoms with E-state index in [1.165, 1.54) is 7.11 Å². The summed E-state index contributed by atoms with van der Waals surface area (Å²) < 4.78 is 5.13. The molecule has 0 amide bonds.